The molecule has 51 heavy (non-hydrogen) atoms. The van der Waals surface area contributed by atoms with Gasteiger partial charge >= 0.3 is 0 Å². The van der Waals surface area contributed by atoms with Gasteiger partial charge in [0.15, 0.2) is 0 Å². The van der Waals surface area contributed by atoms with Crippen molar-refractivity contribution in [1.82, 2.24) is 4.57 Å². The quantitative estimate of drug-likeness (QED) is 0.187. The summed E-state index contributed by atoms with van der Waals surface area (Å²) in [5.41, 5.74) is 12.8. The van der Waals surface area contributed by atoms with Crippen molar-refractivity contribution in [3.63, 3.8) is 0 Å². The first-order chi connectivity index (χ1) is 25.3. The first-order valence-electron chi connectivity index (χ1n) is 17.3. The smallest absolute Gasteiger partial charge is 0.0562 e. The van der Waals surface area contributed by atoms with Crippen molar-refractivity contribution in [3.05, 3.63) is 188 Å². The average Bonchev–Trinajstić information content (AvgIpc) is 3.73. The number of fused-ring (bicyclic) bond motifs is 6. The van der Waals surface area contributed by atoms with Crippen molar-refractivity contribution in [2.75, 3.05) is 5.32 Å². The molecule has 0 bridgehead atoms. The lowest BCUT2D eigenvalue weighted by Crippen LogP contribution is -1.97. The number of nitrogens with one attached hydrogen (secondary N) is 1. The number of benzene rings is 8. The molecule has 8 aromatic carbocycles. The lowest BCUT2D eigenvalue weighted by Gasteiger charge is -2.16. The molecule has 0 radical (unpaired) electrons. The molecule has 2 heterocycles. The van der Waals surface area contributed by atoms with E-state index in [9.17, 15) is 0 Å². The van der Waals surface area contributed by atoms with Crippen molar-refractivity contribution in [2.45, 2.75) is 0 Å². The van der Waals surface area contributed by atoms with Crippen molar-refractivity contribution in [2.24, 2.45) is 0 Å². The molecule has 3 heteroatoms. The minimum atomic E-state index is 1.06. The largest absolute Gasteiger partial charge is 0.355 e. The minimum Gasteiger partial charge on any atom is -0.355 e. The summed E-state index contributed by atoms with van der Waals surface area (Å²) in [6.07, 6.45) is 0. The van der Waals surface area contributed by atoms with Gasteiger partial charge in [0, 0.05) is 53.6 Å². The molecule has 240 valence electrons. The van der Waals surface area contributed by atoms with Gasteiger partial charge in [0.2, 0.25) is 0 Å². The Morgan fingerprint density at radius 1 is 0.373 bits per heavy atom. The summed E-state index contributed by atoms with van der Waals surface area (Å²) in [5, 5.41) is 8.90. The van der Waals surface area contributed by atoms with Crippen LogP contribution in [0.25, 0.3) is 81.0 Å². The minimum absolute atomic E-state index is 1.06. The Labute approximate surface area is 300 Å². The van der Waals surface area contributed by atoms with E-state index in [2.05, 4.69) is 198 Å². The Morgan fingerprint density at radius 3 is 1.82 bits per heavy atom. The van der Waals surface area contributed by atoms with Crippen LogP contribution in [0.3, 0.4) is 0 Å². The van der Waals surface area contributed by atoms with Crippen molar-refractivity contribution in [1.29, 1.82) is 0 Å². The number of para-hydroxylation sites is 2. The first kappa shape index (κ1) is 29.5. The molecule has 0 spiro atoms. The molecule has 0 saturated heterocycles. The third-order valence-corrected chi connectivity index (χ3v) is 11.1. The number of anilines is 2. The normalized spacial score (nSPS) is 11.5. The van der Waals surface area contributed by atoms with Crippen LogP contribution in [0.1, 0.15) is 0 Å². The summed E-state index contributed by atoms with van der Waals surface area (Å²) in [5.74, 6) is 0. The molecule has 0 fully saturated rings. The molecule has 0 aliphatic rings. The second kappa shape index (κ2) is 12.2. The van der Waals surface area contributed by atoms with Crippen LogP contribution in [0.2, 0.25) is 0 Å². The van der Waals surface area contributed by atoms with Gasteiger partial charge in [-0.3, -0.25) is 0 Å². The topological polar surface area (TPSA) is 17.0 Å². The van der Waals surface area contributed by atoms with Crippen LogP contribution >= 0.6 is 11.3 Å². The van der Waals surface area contributed by atoms with E-state index in [0.29, 0.717) is 0 Å². The van der Waals surface area contributed by atoms with E-state index < -0.39 is 0 Å². The van der Waals surface area contributed by atoms with Crippen LogP contribution in [0, 0.1) is 0 Å². The zero-order valence-corrected chi connectivity index (χ0v) is 28.6. The standard InChI is InChI=1S/C48H32N2S/c1-3-12-32(13-4-1)33-22-24-34(25-23-33)35-14-11-17-38(28-35)50-45-20-9-7-18-39(45)43-30-42(44(31-46(43)50)49-37-15-5-2-6-16-37)36-26-27-41-40-19-8-10-21-47(40)51-48(41)29-36/h1-31,49H. The number of nitrogens with zero attached hydrogens (tertiary/aromatic N) is 1. The number of rotatable bonds is 6. The Morgan fingerprint density at radius 2 is 1.00 bits per heavy atom. The van der Waals surface area contributed by atoms with E-state index in [1.165, 1.54) is 69.8 Å². The van der Waals surface area contributed by atoms with Gasteiger partial charge in [-0.1, -0.05) is 133 Å². The van der Waals surface area contributed by atoms with Gasteiger partial charge in [-0.15, -0.1) is 11.3 Å². The maximum absolute atomic E-state index is 3.81. The zero-order chi connectivity index (χ0) is 33.7. The highest BCUT2D eigenvalue weighted by molar-refractivity contribution is 7.25. The molecule has 2 nitrogen and oxygen atoms in total. The van der Waals surface area contributed by atoms with E-state index in [1.54, 1.807) is 0 Å². The van der Waals surface area contributed by atoms with Crippen LogP contribution in [-0.2, 0) is 0 Å². The predicted molar refractivity (Wildman–Crippen MR) is 220 cm³/mol. The van der Waals surface area contributed by atoms with Gasteiger partial charge < -0.3 is 9.88 Å². The SMILES string of the molecule is c1ccc(Nc2cc3c(cc2-c2ccc4c(c2)sc2ccccc24)c2ccccc2n3-c2cccc(-c3ccc(-c4ccccc4)cc3)c2)cc1. The Kier molecular flexibility index (Phi) is 7.04. The molecular formula is C48H32N2S. The van der Waals surface area contributed by atoms with Crippen LogP contribution in [0.4, 0.5) is 11.4 Å². The fraction of sp³-hybridized carbons (Fsp3) is 0. The number of thiophene rings is 1. The second-order valence-corrected chi connectivity index (χ2v) is 14.1. The fourth-order valence-corrected chi connectivity index (χ4v) is 8.66. The molecule has 10 aromatic rings. The second-order valence-electron chi connectivity index (χ2n) is 13.1. The molecular weight excluding hydrogens is 637 g/mol. The Bertz CT molecular complexity index is 2860. The number of hydrogen-bond acceptors (Lipinski definition) is 2. The average molecular weight is 669 g/mol. The Hall–Kier alpha value is -6.42. The highest BCUT2D eigenvalue weighted by atomic mass is 32.1. The summed E-state index contributed by atoms with van der Waals surface area (Å²) in [6, 6.07) is 68.0. The highest BCUT2D eigenvalue weighted by Crippen LogP contribution is 2.43. The molecule has 2 aromatic heterocycles. The molecule has 0 unspecified atom stereocenters. The molecule has 0 amide bonds. The maximum Gasteiger partial charge on any atom is 0.0562 e. The van der Waals surface area contributed by atoms with Gasteiger partial charge in [0.1, 0.15) is 0 Å². The summed E-state index contributed by atoms with van der Waals surface area (Å²) in [7, 11) is 0. The highest BCUT2D eigenvalue weighted by Gasteiger charge is 2.18. The predicted octanol–water partition coefficient (Wildman–Crippen LogP) is 13.9. The third kappa shape index (κ3) is 5.18. The number of hydrogen-bond donors (Lipinski definition) is 1. The first-order valence-corrected chi connectivity index (χ1v) is 18.2. The van der Waals surface area contributed by atoms with Gasteiger partial charge in [-0.25, -0.2) is 0 Å². The molecule has 10 rings (SSSR count). The van der Waals surface area contributed by atoms with Crippen LogP contribution < -0.4 is 5.32 Å². The van der Waals surface area contributed by atoms with Gasteiger partial charge in [0.05, 0.1) is 11.0 Å². The van der Waals surface area contributed by atoms with E-state index in [-0.39, 0.29) is 0 Å². The van der Waals surface area contributed by atoms with Crippen LogP contribution in [0.5, 0.6) is 0 Å². The monoisotopic (exact) mass is 668 g/mol. The Balaban J connectivity index is 1.15. The van der Waals surface area contributed by atoms with Crippen molar-refractivity contribution >= 4 is 64.7 Å². The third-order valence-electron chi connectivity index (χ3n) is 9.98. The summed E-state index contributed by atoms with van der Waals surface area (Å²) >= 11 is 1.86. The maximum atomic E-state index is 3.81. The molecule has 1 N–H and O–H groups in total. The number of aromatic nitrogens is 1. The summed E-state index contributed by atoms with van der Waals surface area (Å²) in [4.78, 5) is 0. The van der Waals surface area contributed by atoms with Crippen molar-refractivity contribution < 1.29 is 0 Å². The van der Waals surface area contributed by atoms with Crippen LogP contribution in [-0.4, -0.2) is 4.57 Å². The zero-order valence-electron chi connectivity index (χ0n) is 27.8. The van der Waals surface area contributed by atoms with E-state index in [0.717, 1.165) is 22.6 Å². The molecule has 0 atom stereocenters. The van der Waals surface area contributed by atoms with Crippen molar-refractivity contribution in [3.8, 4) is 39.1 Å². The summed E-state index contributed by atoms with van der Waals surface area (Å²) < 4.78 is 5.04. The molecule has 0 aliphatic carbocycles. The van der Waals surface area contributed by atoms with Crippen LogP contribution in [0.15, 0.2) is 188 Å². The fourth-order valence-electron chi connectivity index (χ4n) is 7.52. The van der Waals surface area contributed by atoms with E-state index in [4.69, 9.17) is 0 Å². The van der Waals surface area contributed by atoms with E-state index in [1.807, 2.05) is 11.3 Å². The molecule has 0 aliphatic heterocycles. The van der Waals surface area contributed by atoms with Gasteiger partial charge in [0.25, 0.3) is 0 Å². The lowest BCUT2D eigenvalue weighted by molar-refractivity contribution is 1.18. The van der Waals surface area contributed by atoms with Gasteiger partial charge in [-0.2, -0.15) is 0 Å². The van der Waals surface area contributed by atoms with E-state index >= 15 is 0 Å². The summed E-state index contributed by atoms with van der Waals surface area (Å²) in [6.45, 7) is 0. The molecule has 0 saturated carbocycles. The lowest BCUT2D eigenvalue weighted by atomic mass is 9.99. The van der Waals surface area contributed by atoms with Gasteiger partial charge in [-0.05, 0) is 82.4 Å².